The molecule has 1 aromatic rings. The summed E-state index contributed by atoms with van der Waals surface area (Å²) >= 11 is 0. The van der Waals surface area contributed by atoms with Crippen LogP contribution >= 0.6 is 0 Å². The molecule has 0 heterocycles. The Morgan fingerprint density at radius 1 is 1.27 bits per heavy atom. The van der Waals surface area contributed by atoms with Gasteiger partial charge in [-0.3, -0.25) is 0 Å². The number of benzene rings is 1. The van der Waals surface area contributed by atoms with E-state index in [0.29, 0.717) is 6.04 Å². The van der Waals surface area contributed by atoms with Gasteiger partial charge >= 0.3 is 0 Å². The summed E-state index contributed by atoms with van der Waals surface area (Å²) in [7, 11) is 0. The molecule has 0 aliphatic heterocycles. The van der Waals surface area contributed by atoms with Gasteiger partial charge in [-0.2, -0.15) is 0 Å². The van der Waals surface area contributed by atoms with E-state index in [9.17, 15) is 0 Å². The smallest absolute Gasteiger partial charge is 0.0660 e. The quantitative estimate of drug-likeness (QED) is 0.722. The number of hydrogen-bond acceptors (Lipinski definition) is 1. The number of hydrogen-bond donors (Lipinski definition) is 1. The third-order valence-electron chi connectivity index (χ3n) is 2.49. The minimum Gasteiger partial charge on any atom is -0.301 e. The van der Waals surface area contributed by atoms with Gasteiger partial charge < -0.3 is 5.32 Å². The Morgan fingerprint density at radius 2 is 1.93 bits per heavy atom. The van der Waals surface area contributed by atoms with Gasteiger partial charge in [0, 0.05) is 6.04 Å². The fraction of sp³-hybridized carbons (Fsp3) is 0.429. The van der Waals surface area contributed by atoms with Gasteiger partial charge in [0.05, 0.1) is 6.04 Å². The van der Waals surface area contributed by atoms with E-state index in [1.165, 1.54) is 5.56 Å². The highest BCUT2D eigenvalue weighted by Crippen LogP contribution is 2.04. The van der Waals surface area contributed by atoms with Crippen LogP contribution in [0.1, 0.15) is 25.8 Å². The Balaban J connectivity index is 2.29. The van der Waals surface area contributed by atoms with E-state index in [1.807, 2.05) is 13.0 Å². The molecule has 0 aliphatic carbocycles. The van der Waals surface area contributed by atoms with Gasteiger partial charge in [0.25, 0.3) is 0 Å². The molecule has 0 saturated heterocycles. The van der Waals surface area contributed by atoms with Crippen LogP contribution in [-0.4, -0.2) is 12.1 Å². The summed E-state index contributed by atoms with van der Waals surface area (Å²) in [6, 6.07) is 11.2. The van der Waals surface area contributed by atoms with Crippen molar-refractivity contribution >= 4 is 0 Å². The Bertz CT molecular complexity index is 310. The highest BCUT2D eigenvalue weighted by molar-refractivity contribution is 5.14. The Hall–Kier alpha value is -1.26. The number of rotatable bonds is 5. The maximum absolute atomic E-state index is 5.32. The lowest BCUT2D eigenvalue weighted by atomic mass is 10.1. The van der Waals surface area contributed by atoms with Crippen LogP contribution in [0.25, 0.3) is 0 Å². The van der Waals surface area contributed by atoms with Crippen molar-refractivity contribution in [1.29, 1.82) is 0 Å². The molecule has 1 aromatic carbocycles. The van der Waals surface area contributed by atoms with Gasteiger partial charge in [0.2, 0.25) is 0 Å². The van der Waals surface area contributed by atoms with Gasteiger partial charge in [0.1, 0.15) is 0 Å². The summed E-state index contributed by atoms with van der Waals surface area (Å²) in [6.07, 6.45) is 7.54. The molecular weight excluding hydrogens is 182 g/mol. The maximum Gasteiger partial charge on any atom is 0.0660 e. The first kappa shape index (κ1) is 11.8. The molecular formula is C14H19N. The van der Waals surface area contributed by atoms with E-state index < -0.39 is 0 Å². The molecule has 1 nitrogen and oxygen atoms in total. The molecule has 0 aromatic heterocycles. The zero-order valence-corrected chi connectivity index (χ0v) is 9.53. The summed E-state index contributed by atoms with van der Waals surface area (Å²) < 4.78 is 0. The summed E-state index contributed by atoms with van der Waals surface area (Å²) in [5, 5.41) is 3.36. The minimum atomic E-state index is 0.163. The lowest BCUT2D eigenvalue weighted by Crippen LogP contribution is -2.33. The van der Waals surface area contributed by atoms with Crippen molar-refractivity contribution in [3.8, 4) is 12.3 Å². The lowest BCUT2D eigenvalue weighted by Gasteiger charge is -2.15. The zero-order chi connectivity index (χ0) is 11.1. The normalized spacial score (nSPS) is 14.2. The van der Waals surface area contributed by atoms with Crippen LogP contribution in [0.5, 0.6) is 0 Å². The first-order valence-corrected chi connectivity index (χ1v) is 5.48. The molecule has 1 rings (SSSR count). The molecule has 0 amide bonds. The second-order valence-corrected chi connectivity index (χ2v) is 3.98. The SMILES string of the molecule is C#CC(C)NC(C)CCc1ccccc1. The van der Waals surface area contributed by atoms with Crippen molar-refractivity contribution in [2.24, 2.45) is 0 Å². The van der Waals surface area contributed by atoms with Gasteiger partial charge in [-0.05, 0) is 32.3 Å². The van der Waals surface area contributed by atoms with Crippen LogP contribution in [0.3, 0.4) is 0 Å². The maximum atomic E-state index is 5.32. The lowest BCUT2D eigenvalue weighted by molar-refractivity contribution is 0.495. The van der Waals surface area contributed by atoms with E-state index >= 15 is 0 Å². The summed E-state index contributed by atoms with van der Waals surface area (Å²) in [4.78, 5) is 0. The Morgan fingerprint density at radius 3 is 2.53 bits per heavy atom. The molecule has 0 spiro atoms. The van der Waals surface area contributed by atoms with Crippen molar-refractivity contribution < 1.29 is 0 Å². The monoisotopic (exact) mass is 201 g/mol. The summed E-state index contributed by atoms with van der Waals surface area (Å²) in [5.74, 6) is 2.68. The number of nitrogens with one attached hydrogen (secondary N) is 1. The first-order valence-electron chi connectivity index (χ1n) is 5.48. The van der Waals surface area contributed by atoms with Crippen molar-refractivity contribution in [3.63, 3.8) is 0 Å². The molecule has 2 unspecified atom stereocenters. The van der Waals surface area contributed by atoms with Gasteiger partial charge in [-0.15, -0.1) is 6.42 Å². The summed E-state index contributed by atoms with van der Waals surface area (Å²) in [5.41, 5.74) is 1.39. The van der Waals surface area contributed by atoms with Crippen molar-refractivity contribution in [1.82, 2.24) is 5.32 Å². The third kappa shape index (κ3) is 4.67. The zero-order valence-electron chi connectivity index (χ0n) is 9.53. The Labute approximate surface area is 92.9 Å². The number of terminal acetylenes is 1. The second kappa shape index (κ2) is 6.27. The predicted octanol–water partition coefficient (Wildman–Crippen LogP) is 2.62. The van der Waals surface area contributed by atoms with Crippen LogP contribution in [0.2, 0.25) is 0 Å². The summed E-state index contributed by atoms with van der Waals surface area (Å²) in [6.45, 7) is 4.19. The third-order valence-corrected chi connectivity index (χ3v) is 2.49. The first-order chi connectivity index (χ1) is 7.22. The van der Waals surface area contributed by atoms with Crippen LogP contribution in [0, 0.1) is 12.3 Å². The van der Waals surface area contributed by atoms with Crippen molar-refractivity contribution in [3.05, 3.63) is 35.9 Å². The van der Waals surface area contributed by atoms with Gasteiger partial charge in [0.15, 0.2) is 0 Å². The standard InChI is InChI=1S/C14H19N/c1-4-12(2)15-13(3)10-11-14-8-6-5-7-9-14/h1,5-9,12-13,15H,10-11H2,2-3H3. The fourth-order valence-electron chi connectivity index (χ4n) is 1.59. The molecule has 1 N–H and O–H groups in total. The van der Waals surface area contributed by atoms with Crippen LogP contribution in [-0.2, 0) is 6.42 Å². The largest absolute Gasteiger partial charge is 0.301 e. The van der Waals surface area contributed by atoms with Crippen molar-refractivity contribution in [2.75, 3.05) is 0 Å². The topological polar surface area (TPSA) is 12.0 Å². The molecule has 1 heteroatoms. The Kier molecular flexibility index (Phi) is 4.93. The average molecular weight is 201 g/mol. The molecule has 0 bridgehead atoms. The second-order valence-electron chi connectivity index (χ2n) is 3.98. The average Bonchev–Trinajstić information content (AvgIpc) is 2.27. The van der Waals surface area contributed by atoms with E-state index in [-0.39, 0.29) is 6.04 Å². The highest BCUT2D eigenvalue weighted by Gasteiger charge is 2.04. The molecule has 0 aliphatic rings. The molecule has 0 saturated carbocycles. The predicted molar refractivity (Wildman–Crippen MR) is 65.7 cm³/mol. The minimum absolute atomic E-state index is 0.163. The van der Waals surface area contributed by atoms with Crippen molar-refractivity contribution in [2.45, 2.75) is 38.8 Å². The molecule has 2 atom stereocenters. The van der Waals surface area contributed by atoms with E-state index in [0.717, 1.165) is 12.8 Å². The highest BCUT2D eigenvalue weighted by atomic mass is 14.9. The van der Waals surface area contributed by atoms with Crippen LogP contribution in [0.4, 0.5) is 0 Å². The van der Waals surface area contributed by atoms with E-state index in [2.05, 4.69) is 42.4 Å². The molecule has 15 heavy (non-hydrogen) atoms. The van der Waals surface area contributed by atoms with Gasteiger partial charge in [-0.25, -0.2) is 0 Å². The number of aryl methyl sites for hydroxylation is 1. The van der Waals surface area contributed by atoms with Crippen LogP contribution in [0.15, 0.2) is 30.3 Å². The van der Waals surface area contributed by atoms with Crippen LogP contribution < -0.4 is 5.32 Å². The van der Waals surface area contributed by atoms with E-state index in [4.69, 9.17) is 6.42 Å². The molecule has 0 fully saturated rings. The molecule has 0 radical (unpaired) electrons. The van der Waals surface area contributed by atoms with Gasteiger partial charge in [-0.1, -0.05) is 36.3 Å². The van der Waals surface area contributed by atoms with E-state index in [1.54, 1.807) is 0 Å². The fourth-order valence-corrected chi connectivity index (χ4v) is 1.59. The molecule has 80 valence electrons.